The number of carbonyl (C=O) groups is 1. The van der Waals surface area contributed by atoms with Gasteiger partial charge >= 0.3 is 0 Å². The minimum Gasteiger partial charge on any atom is -0.871 e. The molecule has 2 aliphatic heterocycles. The molecule has 0 aromatic heterocycles. The van der Waals surface area contributed by atoms with Crippen LogP contribution in [0.1, 0.15) is 70.9 Å². The summed E-state index contributed by atoms with van der Waals surface area (Å²) in [6.45, 7) is 8.53. The number of benzene rings is 2. The molecule has 10 heteroatoms. The van der Waals surface area contributed by atoms with Crippen molar-refractivity contribution in [1.29, 1.82) is 0 Å². The third kappa shape index (κ3) is 4.46. The lowest BCUT2D eigenvalue weighted by Crippen LogP contribution is -2.35. The summed E-state index contributed by atoms with van der Waals surface area (Å²) in [5.74, 6) is -0.251. The average molecular weight is 597 g/mol. The van der Waals surface area contributed by atoms with Gasteiger partial charge in [0, 0.05) is 76.5 Å². The van der Waals surface area contributed by atoms with Gasteiger partial charge in [-0.05, 0) is 50.3 Å². The fourth-order valence-corrected chi connectivity index (χ4v) is 7.43. The zero-order chi connectivity index (χ0) is 31.7. The number of carbonyl (C=O) groups excluding carboxylic acids is 1. The van der Waals surface area contributed by atoms with E-state index < -0.39 is 20.7 Å². The predicted octanol–water partition coefficient (Wildman–Crippen LogP) is 5.89. The Kier molecular flexibility index (Phi) is 6.86. The fourth-order valence-electron chi connectivity index (χ4n) is 7.43. The molecule has 44 heavy (non-hydrogen) atoms. The van der Waals surface area contributed by atoms with Gasteiger partial charge in [-0.15, -0.1) is 0 Å². The van der Waals surface area contributed by atoms with E-state index in [0.717, 1.165) is 60.4 Å². The highest BCUT2D eigenvalue weighted by molar-refractivity contribution is 6.24. The summed E-state index contributed by atoms with van der Waals surface area (Å²) in [6.07, 6.45) is 9.06. The minimum absolute atomic E-state index is 0.0102. The topological polar surface area (TPSA) is 133 Å². The molecule has 1 saturated carbocycles. The number of nitro benzene ring substituents is 2. The quantitative estimate of drug-likeness (QED) is 0.176. The summed E-state index contributed by atoms with van der Waals surface area (Å²) < 4.78 is 1.87. The number of nitrogens with zero attached hydrogens (tertiary/aromatic N) is 4. The molecule has 4 aliphatic rings. The highest BCUT2D eigenvalue weighted by Crippen LogP contribution is 2.51. The Bertz CT molecular complexity index is 1770. The first-order valence-electron chi connectivity index (χ1n) is 15.1. The first kappa shape index (κ1) is 29.5. The molecule has 6 rings (SSSR count). The third-order valence-corrected chi connectivity index (χ3v) is 10.0. The zero-order valence-corrected chi connectivity index (χ0v) is 25.7. The van der Waals surface area contributed by atoms with Crippen LogP contribution >= 0.6 is 0 Å². The van der Waals surface area contributed by atoms with E-state index >= 15 is 0 Å². The Hall–Kier alpha value is -4.60. The van der Waals surface area contributed by atoms with Crippen LogP contribution in [0.5, 0.6) is 0 Å². The molecular weight excluding hydrogens is 560 g/mol. The van der Waals surface area contributed by atoms with Crippen LogP contribution in [0.2, 0.25) is 0 Å². The number of hydrogen-bond acceptors (Lipinski definition) is 7. The molecule has 2 aliphatic carbocycles. The molecular formula is C34H36N4O6. The van der Waals surface area contributed by atoms with E-state index in [-0.39, 0.29) is 34.1 Å². The maximum absolute atomic E-state index is 13.6. The number of non-ortho nitro benzene ring substituents is 2. The molecule has 0 atom stereocenters. The highest BCUT2D eigenvalue weighted by Gasteiger charge is 2.46. The van der Waals surface area contributed by atoms with Crippen LogP contribution in [0.25, 0.3) is 0 Å². The summed E-state index contributed by atoms with van der Waals surface area (Å²) in [7, 11) is 1.83. The van der Waals surface area contributed by atoms with Crippen LogP contribution < -0.4 is 10.0 Å². The van der Waals surface area contributed by atoms with Gasteiger partial charge in [-0.1, -0.05) is 38.9 Å². The van der Waals surface area contributed by atoms with Crippen LogP contribution in [0.4, 0.5) is 22.7 Å². The number of rotatable bonds is 6. The van der Waals surface area contributed by atoms with E-state index in [0.29, 0.717) is 11.6 Å². The van der Waals surface area contributed by atoms with Crippen LogP contribution in [0.15, 0.2) is 71.2 Å². The first-order chi connectivity index (χ1) is 20.7. The van der Waals surface area contributed by atoms with Crippen molar-refractivity contribution in [1.82, 2.24) is 0 Å². The van der Waals surface area contributed by atoms with Gasteiger partial charge in [0.15, 0.2) is 11.5 Å². The molecule has 2 heterocycles. The average Bonchev–Trinajstić information content (AvgIpc) is 3.31. The Balaban J connectivity index is 1.40. The predicted molar refractivity (Wildman–Crippen MR) is 165 cm³/mol. The summed E-state index contributed by atoms with van der Waals surface area (Å²) in [6, 6.07) is 9.61. The van der Waals surface area contributed by atoms with E-state index in [9.17, 15) is 30.1 Å². The molecule has 0 saturated heterocycles. The monoisotopic (exact) mass is 596 g/mol. The van der Waals surface area contributed by atoms with E-state index in [2.05, 4.69) is 4.90 Å². The van der Waals surface area contributed by atoms with E-state index in [1.807, 2.05) is 39.3 Å². The number of hydrogen-bond donors (Lipinski definition) is 0. The molecule has 2 aromatic rings. The molecule has 228 valence electrons. The van der Waals surface area contributed by atoms with Crippen molar-refractivity contribution in [3.8, 4) is 0 Å². The van der Waals surface area contributed by atoms with E-state index in [1.165, 1.54) is 18.6 Å². The molecule has 0 spiro atoms. The largest absolute Gasteiger partial charge is 0.871 e. The SMILES string of the molecule is C[N+]1=C(/C=C2/C(=O)C(/C=C3\N(CC4CCCCC4)c4ccc([N+](=O)[O-])cc4C3(C)C)=C2[O-])C(C)(C)c2cc([N+](=O)[O-])ccc21. The van der Waals surface area contributed by atoms with Crippen LogP contribution in [0, 0.1) is 26.1 Å². The molecule has 2 aromatic carbocycles. The molecule has 1 fully saturated rings. The van der Waals surface area contributed by atoms with Crippen molar-refractivity contribution < 1.29 is 24.3 Å². The second kappa shape index (κ2) is 10.2. The van der Waals surface area contributed by atoms with E-state index in [4.69, 9.17) is 0 Å². The van der Waals surface area contributed by atoms with Gasteiger partial charge in [0.25, 0.3) is 11.4 Å². The number of fused-ring (bicyclic) bond motifs is 2. The van der Waals surface area contributed by atoms with Gasteiger partial charge in [-0.25, -0.2) is 0 Å². The second-order valence-corrected chi connectivity index (χ2v) is 13.4. The molecule has 0 bridgehead atoms. The third-order valence-electron chi connectivity index (χ3n) is 10.0. The lowest BCUT2D eigenvalue weighted by molar-refractivity contribution is -0.402. The summed E-state index contributed by atoms with van der Waals surface area (Å²) in [5.41, 5.74) is 3.57. The zero-order valence-electron chi connectivity index (χ0n) is 25.7. The van der Waals surface area contributed by atoms with Crippen LogP contribution in [-0.2, 0) is 15.6 Å². The Morgan fingerprint density at radius 3 is 2.14 bits per heavy atom. The Morgan fingerprint density at radius 1 is 0.909 bits per heavy atom. The first-order valence-corrected chi connectivity index (χ1v) is 15.1. The minimum atomic E-state index is -0.668. The highest BCUT2D eigenvalue weighted by atomic mass is 16.6. The van der Waals surface area contributed by atoms with Crippen molar-refractivity contribution in [2.75, 3.05) is 18.5 Å². The summed E-state index contributed by atoms with van der Waals surface area (Å²) >= 11 is 0. The van der Waals surface area contributed by atoms with Crippen molar-refractivity contribution >= 4 is 34.2 Å². The van der Waals surface area contributed by atoms with Gasteiger partial charge in [0.2, 0.25) is 5.69 Å². The number of nitro groups is 2. The van der Waals surface area contributed by atoms with Crippen molar-refractivity contribution in [2.24, 2.45) is 5.92 Å². The van der Waals surface area contributed by atoms with Crippen molar-refractivity contribution in [2.45, 2.75) is 70.6 Å². The Morgan fingerprint density at radius 2 is 1.52 bits per heavy atom. The standard InChI is InChI=1S/C34H36N4O6/c1-33(2)25-15-21(37(41)42)11-13-27(25)35(5)29(33)17-23-31(39)24(32(23)40)18-30-34(3,4)26-16-22(38(43)44)12-14-28(26)36(30)19-20-9-7-6-8-10-20/h11-18,20H,6-10,19H2,1-5H3. The van der Waals surface area contributed by atoms with Crippen LogP contribution in [-0.4, -0.2) is 39.5 Å². The number of anilines is 1. The van der Waals surface area contributed by atoms with Crippen molar-refractivity contribution in [3.63, 3.8) is 0 Å². The molecule has 10 nitrogen and oxygen atoms in total. The van der Waals surface area contributed by atoms with Gasteiger partial charge in [-0.3, -0.25) is 25.0 Å². The molecule has 0 amide bonds. The van der Waals surface area contributed by atoms with Crippen molar-refractivity contribution in [3.05, 3.63) is 103 Å². The lowest BCUT2D eigenvalue weighted by Gasteiger charge is -2.34. The fraction of sp³-hybridized carbons (Fsp3) is 0.412. The van der Waals surface area contributed by atoms with Crippen LogP contribution in [0.3, 0.4) is 0 Å². The van der Waals surface area contributed by atoms with Gasteiger partial charge in [0.05, 0.1) is 15.3 Å². The maximum atomic E-state index is 13.6. The summed E-state index contributed by atoms with van der Waals surface area (Å²) in [4.78, 5) is 38.0. The normalized spacial score (nSPS) is 22.5. The lowest BCUT2D eigenvalue weighted by atomic mass is 9.77. The van der Waals surface area contributed by atoms with Gasteiger partial charge < -0.3 is 10.0 Å². The number of ketones is 1. The number of allylic oxidation sites excluding steroid dienone is 5. The Labute approximate surface area is 256 Å². The molecule has 0 radical (unpaired) electrons. The summed E-state index contributed by atoms with van der Waals surface area (Å²) in [5, 5.41) is 36.6. The molecule has 0 N–H and O–H groups in total. The number of Topliss-reactive ketones (excluding diaryl/α,β-unsaturated/α-hetero) is 1. The molecule has 0 unspecified atom stereocenters. The smallest absolute Gasteiger partial charge is 0.270 e. The maximum Gasteiger partial charge on any atom is 0.270 e. The van der Waals surface area contributed by atoms with Gasteiger partial charge in [0.1, 0.15) is 7.05 Å². The van der Waals surface area contributed by atoms with Gasteiger partial charge in [-0.2, -0.15) is 4.58 Å². The second-order valence-electron chi connectivity index (χ2n) is 13.4. The van der Waals surface area contributed by atoms with E-state index in [1.54, 1.807) is 36.4 Å².